The predicted octanol–water partition coefficient (Wildman–Crippen LogP) is 3.36. The van der Waals surface area contributed by atoms with E-state index in [-0.39, 0.29) is 31.0 Å². The number of aromatic nitrogens is 3. The van der Waals surface area contributed by atoms with Gasteiger partial charge in [-0.15, -0.1) is 5.10 Å². The average molecular weight is 524 g/mol. The van der Waals surface area contributed by atoms with Crippen molar-refractivity contribution in [1.29, 1.82) is 0 Å². The Morgan fingerprint density at radius 2 is 2.00 bits per heavy atom. The molecule has 1 aliphatic rings. The fourth-order valence-corrected chi connectivity index (χ4v) is 4.69. The Morgan fingerprint density at radius 3 is 2.71 bits per heavy atom. The van der Waals surface area contributed by atoms with E-state index in [1.165, 1.54) is 0 Å². The molecule has 204 valence electrons. The Morgan fingerprint density at radius 1 is 1.18 bits per heavy atom. The molecule has 2 atom stereocenters. The largest absolute Gasteiger partial charge is 0.497 e. The number of amides is 2. The topological polar surface area (TPSA) is 108 Å². The fraction of sp³-hybridized carbons (Fsp3) is 0.500. The molecule has 0 bridgehead atoms. The second-order valence-corrected chi connectivity index (χ2v) is 9.90. The van der Waals surface area contributed by atoms with Crippen molar-refractivity contribution < 1.29 is 23.8 Å². The SMILES string of the molecule is COc1ccc([C@H](C(=O)NCCC(C)C)N(C[C@@H]2CCCO2)C(=O)Cn2nnc3ccccc32)c(OC)c1. The van der Waals surface area contributed by atoms with E-state index in [9.17, 15) is 9.59 Å². The van der Waals surface area contributed by atoms with Gasteiger partial charge in [0.25, 0.3) is 0 Å². The summed E-state index contributed by atoms with van der Waals surface area (Å²) >= 11 is 0. The van der Waals surface area contributed by atoms with Crippen molar-refractivity contribution in [3.8, 4) is 11.5 Å². The number of para-hydroxylation sites is 1. The van der Waals surface area contributed by atoms with Crippen LogP contribution >= 0.6 is 0 Å². The number of nitrogens with zero attached hydrogens (tertiary/aromatic N) is 4. The first-order valence-electron chi connectivity index (χ1n) is 13.1. The smallest absolute Gasteiger partial charge is 0.247 e. The Balaban J connectivity index is 1.72. The van der Waals surface area contributed by atoms with Gasteiger partial charge >= 0.3 is 0 Å². The molecule has 1 aromatic heterocycles. The number of benzene rings is 2. The molecule has 38 heavy (non-hydrogen) atoms. The number of hydrogen-bond donors (Lipinski definition) is 1. The van der Waals surface area contributed by atoms with Crippen LogP contribution in [0.5, 0.6) is 11.5 Å². The zero-order valence-corrected chi connectivity index (χ0v) is 22.6. The predicted molar refractivity (Wildman–Crippen MR) is 143 cm³/mol. The molecule has 2 amide bonds. The Kier molecular flexibility index (Phi) is 9.17. The maximum atomic E-state index is 14.0. The van der Waals surface area contributed by atoms with Gasteiger partial charge in [-0.1, -0.05) is 31.2 Å². The Bertz CT molecular complexity index is 1240. The number of carbonyl (C=O) groups is 2. The number of rotatable bonds is 12. The van der Waals surface area contributed by atoms with Crippen LogP contribution in [0.25, 0.3) is 11.0 Å². The van der Waals surface area contributed by atoms with Gasteiger partial charge in [-0.25, -0.2) is 4.68 Å². The zero-order chi connectivity index (χ0) is 27.1. The van der Waals surface area contributed by atoms with Gasteiger partial charge in [0.2, 0.25) is 11.8 Å². The minimum absolute atomic E-state index is 0.0680. The van der Waals surface area contributed by atoms with E-state index in [0.717, 1.165) is 24.8 Å². The first-order valence-corrected chi connectivity index (χ1v) is 13.1. The highest BCUT2D eigenvalue weighted by molar-refractivity contribution is 5.90. The number of hydrogen-bond acceptors (Lipinski definition) is 7. The maximum Gasteiger partial charge on any atom is 0.247 e. The zero-order valence-electron chi connectivity index (χ0n) is 22.6. The second kappa shape index (κ2) is 12.7. The van der Waals surface area contributed by atoms with Crippen LogP contribution in [-0.4, -0.2) is 71.7 Å². The molecule has 1 N–H and O–H groups in total. The number of methoxy groups -OCH3 is 2. The maximum absolute atomic E-state index is 14.0. The third-order valence-electron chi connectivity index (χ3n) is 6.77. The van der Waals surface area contributed by atoms with Crippen LogP contribution < -0.4 is 14.8 Å². The van der Waals surface area contributed by atoms with E-state index in [2.05, 4.69) is 29.5 Å². The minimum atomic E-state index is -0.936. The van der Waals surface area contributed by atoms with Gasteiger partial charge in [-0.3, -0.25) is 9.59 Å². The van der Waals surface area contributed by atoms with Gasteiger partial charge in [0.05, 0.1) is 25.8 Å². The van der Waals surface area contributed by atoms with Crippen molar-refractivity contribution in [3.63, 3.8) is 0 Å². The molecular weight excluding hydrogens is 486 g/mol. The summed E-state index contributed by atoms with van der Waals surface area (Å²) in [5.74, 6) is 0.941. The molecule has 10 heteroatoms. The van der Waals surface area contributed by atoms with Crippen LogP contribution in [0.15, 0.2) is 42.5 Å². The van der Waals surface area contributed by atoms with Crippen LogP contribution in [0, 0.1) is 5.92 Å². The second-order valence-electron chi connectivity index (χ2n) is 9.90. The Labute approximate surface area is 223 Å². The molecule has 3 aromatic rings. The molecule has 2 aromatic carbocycles. The summed E-state index contributed by atoms with van der Waals surface area (Å²) in [7, 11) is 3.11. The van der Waals surface area contributed by atoms with E-state index in [4.69, 9.17) is 14.2 Å². The lowest BCUT2D eigenvalue weighted by Crippen LogP contribution is -2.48. The third-order valence-corrected chi connectivity index (χ3v) is 6.77. The van der Waals surface area contributed by atoms with Gasteiger partial charge in [-0.05, 0) is 49.4 Å². The van der Waals surface area contributed by atoms with E-state index in [1.807, 2.05) is 24.3 Å². The highest BCUT2D eigenvalue weighted by Crippen LogP contribution is 2.34. The molecule has 1 fully saturated rings. The number of nitrogens with one attached hydrogen (secondary N) is 1. The Hall–Kier alpha value is -3.66. The van der Waals surface area contributed by atoms with Crippen molar-refractivity contribution in [2.24, 2.45) is 5.92 Å². The lowest BCUT2D eigenvalue weighted by molar-refractivity contribution is -0.143. The van der Waals surface area contributed by atoms with Gasteiger partial charge in [-0.2, -0.15) is 0 Å². The third kappa shape index (κ3) is 6.42. The monoisotopic (exact) mass is 523 g/mol. The lowest BCUT2D eigenvalue weighted by atomic mass is 10.0. The van der Waals surface area contributed by atoms with Crippen molar-refractivity contribution >= 4 is 22.8 Å². The standard InChI is InChI=1S/C28H37N5O5/c1-19(2)13-14-29-28(35)27(22-12-11-20(36-3)16-25(22)37-4)32(17-21-8-7-15-38-21)26(34)18-33-24-10-6-5-9-23(24)30-31-33/h5-6,9-12,16,19,21,27H,7-8,13-15,17-18H2,1-4H3,(H,29,35)/t21-,27+/m0/s1. The highest BCUT2D eigenvalue weighted by Gasteiger charge is 2.36. The highest BCUT2D eigenvalue weighted by atomic mass is 16.5. The molecule has 0 spiro atoms. The van der Waals surface area contributed by atoms with Crippen LogP contribution in [0.3, 0.4) is 0 Å². The molecule has 0 saturated carbocycles. The lowest BCUT2D eigenvalue weighted by Gasteiger charge is -2.34. The van der Waals surface area contributed by atoms with Crippen LogP contribution in [0.1, 0.15) is 44.7 Å². The summed E-state index contributed by atoms with van der Waals surface area (Å²) in [5, 5.41) is 11.4. The molecule has 1 saturated heterocycles. The molecule has 10 nitrogen and oxygen atoms in total. The summed E-state index contributed by atoms with van der Waals surface area (Å²) in [6.07, 6.45) is 2.39. The van der Waals surface area contributed by atoms with Crippen molar-refractivity contribution in [1.82, 2.24) is 25.2 Å². The summed E-state index contributed by atoms with van der Waals surface area (Å²) in [4.78, 5) is 29.4. The van der Waals surface area contributed by atoms with Crippen LogP contribution in [0.2, 0.25) is 0 Å². The van der Waals surface area contributed by atoms with Crippen LogP contribution in [-0.2, 0) is 20.9 Å². The van der Waals surface area contributed by atoms with Crippen molar-refractivity contribution in [2.75, 3.05) is 33.9 Å². The van der Waals surface area contributed by atoms with Gasteiger partial charge in [0.15, 0.2) is 0 Å². The van der Waals surface area contributed by atoms with Crippen LogP contribution in [0.4, 0.5) is 0 Å². The first-order chi connectivity index (χ1) is 18.4. The summed E-state index contributed by atoms with van der Waals surface area (Å²) in [5.41, 5.74) is 2.02. The van der Waals surface area contributed by atoms with E-state index < -0.39 is 6.04 Å². The summed E-state index contributed by atoms with van der Waals surface area (Å²) in [6, 6.07) is 11.8. The molecule has 4 rings (SSSR count). The molecule has 0 unspecified atom stereocenters. The van der Waals surface area contributed by atoms with Gasteiger partial charge in [0.1, 0.15) is 29.6 Å². The molecular formula is C28H37N5O5. The number of ether oxygens (including phenoxy) is 3. The number of carbonyl (C=O) groups excluding carboxylic acids is 2. The molecule has 2 heterocycles. The normalized spacial score (nSPS) is 16.0. The number of fused-ring (bicyclic) bond motifs is 1. The molecule has 0 radical (unpaired) electrons. The van der Waals surface area contributed by atoms with Gasteiger partial charge in [0, 0.05) is 31.3 Å². The van der Waals surface area contributed by atoms with Crippen molar-refractivity contribution in [2.45, 2.75) is 51.8 Å². The molecule has 0 aliphatic carbocycles. The fourth-order valence-electron chi connectivity index (χ4n) is 4.69. The minimum Gasteiger partial charge on any atom is -0.497 e. The van der Waals surface area contributed by atoms with E-state index in [0.29, 0.717) is 41.6 Å². The van der Waals surface area contributed by atoms with E-state index >= 15 is 0 Å². The summed E-state index contributed by atoms with van der Waals surface area (Å²) in [6.45, 7) is 5.54. The summed E-state index contributed by atoms with van der Waals surface area (Å²) < 4.78 is 18.5. The first kappa shape index (κ1) is 27.4. The van der Waals surface area contributed by atoms with Crippen molar-refractivity contribution in [3.05, 3.63) is 48.0 Å². The van der Waals surface area contributed by atoms with E-state index in [1.54, 1.807) is 42.0 Å². The quantitative estimate of drug-likeness (QED) is 0.388. The molecule has 1 aliphatic heterocycles. The van der Waals surface area contributed by atoms with Gasteiger partial charge < -0.3 is 24.4 Å². The average Bonchev–Trinajstić information content (AvgIpc) is 3.58.